The van der Waals surface area contributed by atoms with E-state index in [2.05, 4.69) is 29.0 Å². The van der Waals surface area contributed by atoms with Crippen molar-refractivity contribution in [2.45, 2.75) is 26.7 Å². The lowest BCUT2D eigenvalue weighted by molar-refractivity contribution is 0.209. The van der Waals surface area contributed by atoms with Crippen molar-refractivity contribution in [3.8, 4) is 0 Å². The van der Waals surface area contributed by atoms with Crippen LogP contribution in [-0.2, 0) is 0 Å². The number of urea groups is 1. The summed E-state index contributed by atoms with van der Waals surface area (Å²) in [6.07, 6.45) is 4.26. The number of piperidine rings is 1. The molecular weight excluding hydrogens is 276 g/mol. The van der Waals surface area contributed by atoms with Crippen molar-refractivity contribution in [1.82, 2.24) is 9.88 Å². The van der Waals surface area contributed by atoms with Gasteiger partial charge in [-0.25, -0.2) is 9.78 Å². The molecule has 3 fully saturated rings. The Kier molecular flexibility index (Phi) is 3.06. The highest BCUT2D eigenvalue weighted by Gasteiger charge is 2.62. The van der Waals surface area contributed by atoms with Gasteiger partial charge >= 0.3 is 6.03 Å². The van der Waals surface area contributed by atoms with E-state index in [9.17, 15) is 4.79 Å². The molecule has 2 atom stereocenters. The van der Waals surface area contributed by atoms with Gasteiger partial charge in [0.15, 0.2) is 0 Å². The Balaban J connectivity index is 1.34. The van der Waals surface area contributed by atoms with E-state index in [0.717, 1.165) is 37.7 Å². The molecule has 5 nitrogen and oxygen atoms in total. The molecule has 1 N–H and O–H groups in total. The molecule has 1 aromatic heterocycles. The topological polar surface area (TPSA) is 48.5 Å². The number of nitrogens with one attached hydrogen (secondary N) is 1. The van der Waals surface area contributed by atoms with Gasteiger partial charge in [-0.2, -0.15) is 0 Å². The van der Waals surface area contributed by atoms with Crippen molar-refractivity contribution in [3.63, 3.8) is 0 Å². The number of likely N-dealkylation sites (tertiary alicyclic amines) is 1. The first-order chi connectivity index (χ1) is 10.6. The van der Waals surface area contributed by atoms with Crippen molar-refractivity contribution >= 4 is 17.5 Å². The molecule has 1 aliphatic carbocycles. The largest absolute Gasteiger partial charge is 0.357 e. The van der Waals surface area contributed by atoms with Gasteiger partial charge in [-0.1, -0.05) is 13.8 Å². The molecule has 2 saturated heterocycles. The summed E-state index contributed by atoms with van der Waals surface area (Å²) < 4.78 is 0. The molecule has 4 rings (SSSR count). The molecule has 1 aromatic rings. The first kappa shape index (κ1) is 13.9. The van der Waals surface area contributed by atoms with E-state index in [1.54, 1.807) is 6.20 Å². The van der Waals surface area contributed by atoms with E-state index < -0.39 is 0 Å². The van der Waals surface area contributed by atoms with E-state index in [4.69, 9.17) is 0 Å². The van der Waals surface area contributed by atoms with Crippen molar-refractivity contribution in [1.29, 1.82) is 0 Å². The molecule has 2 aliphatic heterocycles. The lowest BCUT2D eigenvalue weighted by atomic mass is 10.1. The molecule has 0 spiro atoms. The normalized spacial score (nSPS) is 28.6. The van der Waals surface area contributed by atoms with Crippen LogP contribution in [0, 0.1) is 17.3 Å². The molecule has 0 unspecified atom stereocenters. The molecule has 0 bridgehead atoms. The fourth-order valence-corrected chi connectivity index (χ4v) is 4.09. The van der Waals surface area contributed by atoms with Crippen molar-refractivity contribution in [2.24, 2.45) is 17.3 Å². The second-order valence-corrected chi connectivity index (χ2v) is 7.47. The van der Waals surface area contributed by atoms with E-state index in [0.29, 0.717) is 17.3 Å². The lowest BCUT2D eigenvalue weighted by Gasteiger charge is -2.22. The number of rotatable bonds is 2. The summed E-state index contributed by atoms with van der Waals surface area (Å²) in [5, 5.41) is 2.98. The van der Waals surface area contributed by atoms with Crippen molar-refractivity contribution in [2.75, 3.05) is 36.4 Å². The van der Waals surface area contributed by atoms with Gasteiger partial charge in [0.25, 0.3) is 0 Å². The van der Waals surface area contributed by atoms with Gasteiger partial charge in [-0.3, -0.25) is 0 Å². The second kappa shape index (κ2) is 4.86. The fraction of sp³-hybridized carbons (Fsp3) is 0.647. The van der Waals surface area contributed by atoms with Gasteiger partial charge in [0.1, 0.15) is 5.82 Å². The number of aromatic nitrogens is 1. The van der Waals surface area contributed by atoms with Crippen LogP contribution in [0.25, 0.3) is 0 Å². The molecule has 2 amide bonds. The Labute approximate surface area is 131 Å². The van der Waals surface area contributed by atoms with Gasteiger partial charge in [-0.15, -0.1) is 0 Å². The second-order valence-electron chi connectivity index (χ2n) is 7.47. The first-order valence-corrected chi connectivity index (χ1v) is 8.32. The summed E-state index contributed by atoms with van der Waals surface area (Å²) in [7, 11) is 0. The minimum atomic E-state index is 0.0127. The zero-order valence-corrected chi connectivity index (χ0v) is 13.4. The summed E-state index contributed by atoms with van der Waals surface area (Å²) in [6.45, 7) is 8.57. The van der Waals surface area contributed by atoms with E-state index in [1.807, 2.05) is 17.0 Å². The minimum Gasteiger partial charge on any atom is -0.357 e. The molecule has 0 aromatic carbocycles. The van der Waals surface area contributed by atoms with Gasteiger partial charge in [0.2, 0.25) is 0 Å². The van der Waals surface area contributed by atoms with Crippen LogP contribution in [0.1, 0.15) is 26.7 Å². The SMILES string of the molecule is CC1(C)[C@@H]2CN(C(=O)Nc3ccc(N4CCCC4)nc3)C[C@H]21. The highest BCUT2D eigenvalue weighted by Crippen LogP contribution is 2.61. The van der Waals surface area contributed by atoms with Crippen LogP contribution in [0.2, 0.25) is 0 Å². The number of pyridine rings is 1. The smallest absolute Gasteiger partial charge is 0.321 e. The Bertz CT molecular complexity index is 563. The maximum atomic E-state index is 12.3. The molecule has 22 heavy (non-hydrogen) atoms. The van der Waals surface area contributed by atoms with Gasteiger partial charge < -0.3 is 15.1 Å². The molecule has 5 heteroatoms. The standard InChI is InChI=1S/C17H24N4O/c1-17(2)13-10-21(11-14(13)17)16(22)19-12-5-6-15(18-9-12)20-7-3-4-8-20/h5-6,9,13-14H,3-4,7-8,10-11H2,1-2H3,(H,19,22)/t13-,14-/m1/s1. The summed E-state index contributed by atoms with van der Waals surface area (Å²) >= 11 is 0. The number of fused-ring (bicyclic) bond motifs is 1. The molecular formula is C17H24N4O. The van der Waals surface area contributed by atoms with Crippen LogP contribution in [-0.4, -0.2) is 42.1 Å². The summed E-state index contributed by atoms with van der Waals surface area (Å²) in [5.74, 6) is 2.39. The van der Waals surface area contributed by atoms with E-state index >= 15 is 0 Å². The third-order valence-electron chi connectivity index (χ3n) is 5.84. The number of carbonyl (C=O) groups excluding carboxylic acids is 1. The van der Waals surface area contributed by atoms with Crippen LogP contribution < -0.4 is 10.2 Å². The molecule has 0 radical (unpaired) electrons. The monoisotopic (exact) mass is 300 g/mol. The average molecular weight is 300 g/mol. The van der Waals surface area contributed by atoms with Crippen molar-refractivity contribution in [3.05, 3.63) is 18.3 Å². The van der Waals surface area contributed by atoms with Gasteiger partial charge in [-0.05, 0) is 42.2 Å². The number of hydrogen-bond acceptors (Lipinski definition) is 3. The molecule has 3 heterocycles. The van der Waals surface area contributed by atoms with Gasteiger partial charge in [0, 0.05) is 26.2 Å². The zero-order valence-electron chi connectivity index (χ0n) is 13.4. The summed E-state index contributed by atoms with van der Waals surface area (Å²) in [5.41, 5.74) is 1.23. The number of hydrogen-bond donors (Lipinski definition) is 1. The maximum absolute atomic E-state index is 12.3. The predicted octanol–water partition coefficient (Wildman–Crippen LogP) is 2.80. The number of anilines is 2. The third kappa shape index (κ3) is 2.23. The summed E-state index contributed by atoms with van der Waals surface area (Å²) in [4.78, 5) is 21.0. The van der Waals surface area contributed by atoms with E-state index in [1.165, 1.54) is 12.8 Å². The Morgan fingerprint density at radius 3 is 2.50 bits per heavy atom. The van der Waals surface area contributed by atoms with Crippen LogP contribution in [0.15, 0.2) is 18.3 Å². The highest BCUT2D eigenvalue weighted by atomic mass is 16.2. The van der Waals surface area contributed by atoms with Crippen LogP contribution in [0.4, 0.5) is 16.3 Å². The molecule has 3 aliphatic rings. The third-order valence-corrected chi connectivity index (χ3v) is 5.84. The Hall–Kier alpha value is -1.78. The van der Waals surface area contributed by atoms with E-state index in [-0.39, 0.29) is 6.03 Å². The Morgan fingerprint density at radius 2 is 1.91 bits per heavy atom. The number of nitrogens with zero attached hydrogens (tertiary/aromatic N) is 3. The van der Waals surface area contributed by atoms with Crippen LogP contribution >= 0.6 is 0 Å². The molecule has 1 saturated carbocycles. The lowest BCUT2D eigenvalue weighted by Crippen LogP contribution is -2.36. The zero-order chi connectivity index (χ0) is 15.3. The highest BCUT2D eigenvalue weighted by molar-refractivity contribution is 5.89. The van der Waals surface area contributed by atoms with Crippen LogP contribution in [0.3, 0.4) is 0 Å². The van der Waals surface area contributed by atoms with Gasteiger partial charge in [0.05, 0.1) is 11.9 Å². The fourth-order valence-electron chi connectivity index (χ4n) is 4.09. The molecule has 118 valence electrons. The summed E-state index contributed by atoms with van der Waals surface area (Å²) in [6, 6.07) is 3.98. The average Bonchev–Trinajstić information content (AvgIpc) is 3.01. The first-order valence-electron chi connectivity index (χ1n) is 8.32. The van der Waals surface area contributed by atoms with Crippen LogP contribution in [0.5, 0.6) is 0 Å². The minimum absolute atomic E-state index is 0.0127. The predicted molar refractivity (Wildman–Crippen MR) is 87.0 cm³/mol. The maximum Gasteiger partial charge on any atom is 0.321 e. The number of carbonyl (C=O) groups is 1. The number of amides is 2. The Morgan fingerprint density at radius 1 is 1.23 bits per heavy atom. The quantitative estimate of drug-likeness (QED) is 0.913. The van der Waals surface area contributed by atoms with Crippen molar-refractivity contribution < 1.29 is 4.79 Å².